The zero-order valence-corrected chi connectivity index (χ0v) is 14.2. The summed E-state index contributed by atoms with van der Waals surface area (Å²) in [5.74, 6) is -0.0736. The molecule has 1 heterocycles. The maximum atomic E-state index is 12.3. The van der Waals surface area contributed by atoms with Crippen molar-refractivity contribution in [3.05, 3.63) is 5.01 Å². The van der Waals surface area contributed by atoms with E-state index in [1.54, 1.807) is 11.3 Å². The molecule has 0 saturated heterocycles. The van der Waals surface area contributed by atoms with Crippen LogP contribution in [0.1, 0.15) is 58.4 Å². The number of hydrogen-bond donors (Lipinski definition) is 1. The molecule has 1 aromatic rings. The van der Waals surface area contributed by atoms with Crippen LogP contribution in [0, 0.1) is 5.41 Å². The van der Waals surface area contributed by atoms with Gasteiger partial charge in [0.05, 0.1) is 12.0 Å². The van der Waals surface area contributed by atoms with E-state index < -0.39 is 0 Å². The average molecular weight is 311 g/mol. The van der Waals surface area contributed by atoms with Gasteiger partial charge in [0.15, 0.2) is 0 Å². The molecule has 0 spiro atoms. The van der Waals surface area contributed by atoms with Crippen molar-refractivity contribution in [2.24, 2.45) is 5.41 Å². The predicted molar refractivity (Wildman–Crippen MR) is 84.6 cm³/mol. The molecule has 21 heavy (non-hydrogen) atoms. The molecule has 1 aliphatic carbocycles. The van der Waals surface area contributed by atoms with Gasteiger partial charge in [0, 0.05) is 12.0 Å². The first kappa shape index (κ1) is 16.2. The normalized spacial score (nSPS) is 17.7. The molecule has 0 bridgehead atoms. The third-order valence-electron chi connectivity index (χ3n) is 3.91. The Bertz CT molecular complexity index is 487. The summed E-state index contributed by atoms with van der Waals surface area (Å²) < 4.78 is 5.27. The Morgan fingerprint density at radius 1 is 1.33 bits per heavy atom. The molecular formula is C15H25N3O2S. The predicted octanol–water partition coefficient (Wildman–Crippen LogP) is 3.37. The molecule has 118 valence electrons. The number of carbonyl (C=O) groups is 1. The van der Waals surface area contributed by atoms with Crippen molar-refractivity contribution in [1.82, 2.24) is 10.2 Å². The SMILES string of the molecule is CCOC(=O)C1(CNc2nnc(C(C)(C)C)s2)CCCC1. The molecule has 6 heteroatoms. The van der Waals surface area contributed by atoms with Gasteiger partial charge in [-0.3, -0.25) is 4.79 Å². The number of rotatable bonds is 5. The van der Waals surface area contributed by atoms with E-state index in [1.807, 2.05) is 6.92 Å². The van der Waals surface area contributed by atoms with Crippen LogP contribution < -0.4 is 5.32 Å². The average Bonchev–Trinajstić information content (AvgIpc) is 3.06. The van der Waals surface area contributed by atoms with Crippen molar-refractivity contribution in [3.8, 4) is 0 Å². The maximum Gasteiger partial charge on any atom is 0.313 e. The van der Waals surface area contributed by atoms with Gasteiger partial charge in [-0.1, -0.05) is 44.9 Å². The van der Waals surface area contributed by atoms with Crippen LogP contribution in [-0.2, 0) is 14.9 Å². The maximum absolute atomic E-state index is 12.3. The number of anilines is 1. The molecular weight excluding hydrogens is 286 g/mol. The first-order valence-corrected chi connectivity index (χ1v) is 8.44. The van der Waals surface area contributed by atoms with E-state index in [1.165, 1.54) is 0 Å². The molecule has 0 amide bonds. The Morgan fingerprint density at radius 2 is 2.00 bits per heavy atom. The third-order valence-corrected chi connectivity index (χ3v) is 5.22. The number of carbonyl (C=O) groups excluding carboxylic acids is 1. The number of ether oxygens (including phenoxy) is 1. The fourth-order valence-electron chi connectivity index (χ4n) is 2.63. The number of hydrogen-bond acceptors (Lipinski definition) is 6. The topological polar surface area (TPSA) is 64.1 Å². The van der Waals surface area contributed by atoms with E-state index in [2.05, 4.69) is 36.3 Å². The largest absolute Gasteiger partial charge is 0.466 e. The summed E-state index contributed by atoms with van der Waals surface area (Å²) in [5.41, 5.74) is -0.382. The summed E-state index contributed by atoms with van der Waals surface area (Å²) in [7, 11) is 0. The smallest absolute Gasteiger partial charge is 0.313 e. The first-order valence-electron chi connectivity index (χ1n) is 7.62. The van der Waals surface area contributed by atoms with Crippen LogP contribution in [0.15, 0.2) is 0 Å². The minimum Gasteiger partial charge on any atom is -0.466 e. The second-order valence-corrected chi connectivity index (χ2v) is 7.70. The molecule has 0 radical (unpaired) electrons. The van der Waals surface area contributed by atoms with Gasteiger partial charge in [-0.2, -0.15) is 0 Å². The zero-order valence-electron chi connectivity index (χ0n) is 13.4. The molecule has 0 aliphatic heterocycles. The first-order chi connectivity index (χ1) is 9.87. The van der Waals surface area contributed by atoms with Gasteiger partial charge in [-0.05, 0) is 19.8 Å². The van der Waals surface area contributed by atoms with Crippen LogP contribution in [-0.4, -0.2) is 29.3 Å². The summed E-state index contributed by atoms with van der Waals surface area (Å²) in [5, 5.41) is 13.5. The summed E-state index contributed by atoms with van der Waals surface area (Å²) in [6.45, 7) is 9.24. The Balaban J connectivity index is 2.02. The van der Waals surface area contributed by atoms with Gasteiger partial charge in [0.25, 0.3) is 0 Å². The van der Waals surface area contributed by atoms with E-state index in [0.717, 1.165) is 35.8 Å². The fourth-order valence-corrected chi connectivity index (χ4v) is 3.43. The molecule has 5 nitrogen and oxygen atoms in total. The molecule has 1 fully saturated rings. The highest BCUT2D eigenvalue weighted by atomic mass is 32.1. The summed E-state index contributed by atoms with van der Waals surface area (Å²) in [6.07, 6.45) is 3.96. The third kappa shape index (κ3) is 3.73. The van der Waals surface area contributed by atoms with Crippen LogP contribution in [0.2, 0.25) is 0 Å². The van der Waals surface area contributed by atoms with Crippen molar-refractivity contribution >= 4 is 22.4 Å². The lowest BCUT2D eigenvalue weighted by molar-refractivity contribution is -0.154. The lowest BCUT2D eigenvalue weighted by Crippen LogP contribution is -2.37. The second-order valence-electron chi connectivity index (χ2n) is 6.72. The lowest BCUT2D eigenvalue weighted by Gasteiger charge is -2.26. The molecule has 0 unspecified atom stereocenters. The molecule has 1 aliphatic rings. The highest BCUT2D eigenvalue weighted by Crippen LogP contribution is 2.40. The van der Waals surface area contributed by atoms with E-state index in [-0.39, 0.29) is 16.8 Å². The molecule has 0 aromatic carbocycles. The zero-order chi connectivity index (χ0) is 15.5. The summed E-state index contributed by atoms with van der Waals surface area (Å²) >= 11 is 1.56. The van der Waals surface area contributed by atoms with Crippen molar-refractivity contribution in [1.29, 1.82) is 0 Å². The van der Waals surface area contributed by atoms with Crippen LogP contribution in [0.5, 0.6) is 0 Å². The quantitative estimate of drug-likeness (QED) is 0.845. The molecule has 1 saturated carbocycles. The molecule has 0 atom stereocenters. The van der Waals surface area contributed by atoms with Gasteiger partial charge in [-0.15, -0.1) is 10.2 Å². The van der Waals surface area contributed by atoms with Crippen molar-refractivity contribution < 1.29 is 9.53 Å². The van der Waals surface area contributed by atoms with E-state index >= 15 is 0 Å². The van der Waals surface area contributed by atoms with Crippen molar-refractivity contribution in [2.45, 2.75) is 58.8 Å². The van der Waals surface area contributed by atoms with Crippen molar-refractivity contribution in [2.75, 3.05) is 18.5 Å². The Morgan fingerprint density at radius 3 is 2.52 bits per heavy atom. The number of nitrogens with zero attached hydrogens (tertiary/aromatic N) is 2. The standard InChI is InChI=1S/C15H25N3O2S/c1-5-20-12(19)15(8-6-7-9-15)10-16-13-18-17-11(21-13)14(2,3)4/h5-10H2,1-4H3,(H,16,18). The van der Waals surface area contributed by atoms with Crippen LogP contribution in [0.3, 0.4) is 0 Å². The van der Waals surface area contributed by atoms with E-state index in [0.29, 0.717) is 13.2 Å². The van der Waals surface area contributed by atoms with E-state index in [9.17, 15) is 4.79 Å². The minimum absolute atomic E-state index is 0.00375. The van der Waals surface area contributed by atoms with Gasteiger partial charge in [0.2, 0.25) is 5.13 Å². The van der Waals surface area contributed by atoms with Crippen molar-refractivity contribution in [3.63, 3.8) is 0 Å². The Kier molecular flexibility index (Phi) is 4.86. The van der Waals surface area contributed by atoms with Gasteiger partial charge in [0.1, 0.15) is 5.01 Å². The number of nitrogens with one attached hydrogen (secondary N) is 1. The van der Waals surface area contributed by atoms with Crippen LogP contribution in [0.4, 0.5) is 5.13 Å². The summed E-state index contributed by atoms with van der Waals surface area (Å²) in [4.78, 5) is 12.3. The number of esters is 1. The minimum atomic E-state index is -0.385. The lowest BCUT2D eigenvalue weighted by atomic mass is 9.86. The van der Waals surface area contributed by atoms with Gasteiger partial charge >= 0.3 is 5.97 Å². The van der Waals surface area contributed by atoms with Crippen LogP contribution in [0.25, 0.3) is 0 Å². The van der Waals surface area contributed by atoms with E-state index in [4.69, 9.17) is 4.74 Å². The highest BCUT2D eigenvalue weighted by Gasteiger charge is 2.42. The molecule has 1 aromatic heterocycles. The molecule has 2 rings (SSSR count). The highest BCUT2D eigenvalue weighted by molar-refractivity contribution is 7.15. The Hall–Kier alpha value is -1.17. The van der Waals surface area contributed by atoms with Crippen LogP contribution >= 0.6 is 11.3 Å². The van der Waals surface area contributed by atoms with Gasteiger partial charge < -0.3 is 10.1 Å². The molecule has 1 N–H and O–H groups in total. The number of aromatic nitrogens is 2. The second kappa shape index (κ2) is 6.30. The summed E-state index contributed by atoms with van der Waals surface area (Å²) in [6, 6.07) is 0. The fraction of sp³-hybridized carbons (Fsp3) is 0.800. The monoisotopic (exact) mass is 311 g/mol. The Labute approximate surface area is 130 Å². The van der Waals surface area contributed by atoms with Gasteiger partial charge in [-0.25, -0.2) is 0 Å².